The SMILES string of the molecule is Cn1ccc(CCNc2cc(Cl)nc3ncnn23)n1. The lowest BCUT2D eigenvalue weighted by molar-refractivity contribution is 0.741. The van der Waals surface area contributed by atoms with Crippen molar-refractivity contribution in [1.82, 2.24) is 29.4 Å². The lowest BCUT2D eigenvalue weighted by atomic mass is 10.3. The minimum atomic E-state index is 0.390. The Hall–Kier alpha value is -2.15. The predicted octanol–water partition coefficient (Wildman–Crippen LogP) is 1.17. The predicted molar refractivity (Wildman–Crippen MR) is 71.2 cm³/mol. The van der Waals surface area contributed by atoms with Crippen LogP contribution in [0.4, 0.5) is 5.82 Å². The third kappa shape index (κ3) is 2.50. The van der Waals surface area contributed by atoms with Crippen LogP contribution in [-0.2, 0) is 13.5 Å². The largest absolute Gasteiger partial charge is 0.369 e. The van der Waals surface area contributed by atoms with E-state index in [0.717, 1.165) is 24.5 Å². The smallest absolute Gasteiger partial charge is 0.255 e. The molecule has 0 aromatic carbocycles. The van der Waals surface area contributed by atoms with Crippen molar-refractivity contribution in [3.05, 3.63) is 35.5 Å². The van der Waals surface area contributed by atoms with E-state index >= 15 is 0 Å². The Kier molecular flexibility index (Phi) is 3.04. The summed E-state index contributed by atoms with van der Waals surface area (Å²) >= 11 is 5.93. The van der Waals surface area contributed by atoms with Gasteiger partial charge in [-0.2, -0.15) is 24.7 Å². The highest BCUT2D eigenvalue weighted by molar-refractivity contribution is 6.29. The number of hydrogen-bond acceptors (Lipinski definition) is 5. The van der Waals surface area contributed by atoms with Crippen molar-refractivity contribution in [3.63, 3.8) is 0 Å². The van der Waals surface area contributed by atoms with E-state index in [2.05, 4.69) is 25.5 Å². The molecule has 0 aliphatic heterocycles. The van der Waals surface area contributed by atoms with Gasteiger partial charge in [-0.15, -0.1) is 0 Å². The minimum Gasteiger partial charge on any atom is -0.369 e. The van der Waals surface area contributed by atoms with Crippen LogP contribution in [0.15, 0.2) is 24.7 Å². The quantitative estimate of drug-likeness (QED) is 0.725. The Labute approximate surface area is 114 Å². The van der Waals surface area contributed by atoms with Gasteiger partial charge in [-0.25, -0.2) is 0 Å². The summed E-state index contributed by atoms with van der Waals surface area (Å²) in [5.74, 6) is 1.25. The number of nitrogens with one attached hydrogen (secondary N) is 1. The Balaban J connectivity index is 1.73. The molecule has 0 spiro atoms. The van der Waals surface area contributed by atoms with Gasteiger partial charge < -0.3 is 5.32 Å². The zero-order valence-electron chi connectivity index (χ0n) is 10.3. The van der Waals surface area contributed by atoms with Crippen LogP contribution in [0.2, 0.25) is 5.15 Å². The van der Waals surface area contributed by atoms with Crippen molar-refractivity contribution in [1.29, 1.82) is 0 Å². The summed E-state index contributed by atoms with van der Waals surface area (Å²) in [5.41, 5.74) is 1.03. The van der Waals surface area contributed by atoms with Crippen molar-refractivity contribution in [2.24, 2.45) is 7.05 Å². The van der Waals surface area contributed by atoms with Crippen LogP contribution in [0.3, 0.4) is 0 Å². The molecule has 0 atom stereocenters. The number of fused-ring (bicyclic) bond motifs is 1. The van der Waals surface area contributed by atoms with E-state index in [1.807, 2.05) is 19.3 Å². The lowest BCUT2D eigenvalue weighted by Gasteiger charge is -2.07. The molecule has 8 heteroatoms. The lowest BCUT2D eigenvalue weighted by Crippen LogP contribution is -2.10. The van der Waals surface area contributed by atoms with Gasteiger partial charge in [-0.1, -0.05) is 11.6 Å². The molecule has 98 valence electrons. The summed E-state index contributed by atoms with van der Waals surface area (Å²) < 4.78 is 3.40. The first kappa shape index (κ1) is 11.9. The number of aryl methyl sites for hydroxylation is 1. The molecule has 3 rings (SSSR count). The number of nitrogens with zero attached hydrogens (tertiary/aromatic N) is 6. The Morgan fingerprint density at radius 2 is 2.32 bits per heavy atom. The van der Waals surface area contributed by atoms with Gasteiger partial charge in [0.05, 0.1) is 5.69 Å². The first-order chi connectivity index (χ1) is 9.22. The minimum absolute atomic E-state index is 0.390. The fourth-order valence-corrected chi connectivity index (χ4v) is 2.00. The number of hydrogen-bond donors (Lipinski definition) is 1. The number of anilines is 1. The normalized spacial score (nSPS) is 11.1. The maximum Gasteiger partial charge on any atom is 0.255 e. The molecule has 1 N–H and O–H groups in total. The van der Waals surface area contributed by atoms with Crippen molar-refractivity contribution in [3.8, 4) is 0 Å². The third-order valence-corrected chi connectivity index (χ3v) is 2.87. The van der Waals surface area contributed by atoms with Gasteiger partial charge in [-0.3, -0.25) is 4.68 Å². The molecule has 0 amide bonds. The second kappa shape index (κ2) is 4.85. The Morgan fingerprint density at radius 3 is 3.11 bits per heavy atom. The molecule has 0 saturated carbocycles. The zero-order valence-corrected chi connectivity index (χ0v) is 11.0. The first-order valence-corrected chi connectivity index (χ1v) is 6.19. The van der Waals surface area contributed by atoms with Gasteiger partial charge in [-0.05, 0) is 6.07 Å². The van der Waals surface area contributed by atoms with Gasteiger partial charge in [0.15, 0.2) is 0 Å². The van der Waals surface area contributed by atoms with E-state index in [4.69, 9.17) is 11.6 Å². The van der Waals surface area contributed by atoms with Crippen molar-refractivity contribution in [2.45, 2.75) is 6.42 Å². The molecule has 0 bridgehead atoms. The molecular weight excluding hydrogens is 266 g/mol. The van der Waals surface area contributed by atoms with Crippen molar-refractivity contribution in [2.75, 3.05) is 11.9 Å². The standard InChI is InChI=1S/C11H12ClN7/c1-18-5-3-8(17-18)2-4-13-10-6-9(12)16-11-14-7-15-19(10)11/h3,5-7,13H,2,4H2,1H3. The van der Waals surface area contributed by atoms with E-state index in [1.54, 1.807) is 15.3 Å². The van der Waals surface area contributed by atoms with Crippen molar-refractivity contribution >= 4 is 23.2 Å². The van der Waals surface area contributed by atoms with Gasteiger partial charge in [0.25, 0.3) is 5.78 Å². The van der Waals surface area contributed by atoms with Crippen LogP contribution >= 0.6 is 11.6 Å². The molecule has 3 aromatic heterocycles. The van der Waals surface area contributed by atoms with Gasteiger partial charge in [0, 0.05) is 32.3 Å². The molecule has 0 unspecified atom stereocenters. The van der Waals surface area contributed by atoms with E-state index in [1.165, 1.54) is 6.33 Å². The summed E-state index contributed by atoms with van der Waals surface area (Å²) in [5, 5.41) is 12.1. The average molecular weight is 278 g/mol. The number of aromatic nitrogens is 6. The summed E-state index contributed by atoms with van der Waals surface area (Å²) in [6.07, 6.45) is 4.19. The Morgan fingerprint density at radius 1 is 1.42 bits per heavy atom. The topological polar surface area (TPSA) is 72.9 Å². The number of rotatable bonds is 4. The third-order valence-electron chi connectivity index (χ3n) is 2.68. The first-order valence-electron chi connectivity index (χ1n) is 5.81. The maximum atomic E-state index is 5.93. The second-order valence-electron chi connectivity index (χ2n) is 4.09. The summed E-state index contributed by atoms with van der Waals surface area (Å²) in [6.45, 7) is 0.728. The fraction of sp³-hybridized carbons (Fsp3) is 0.273. The Bertz CT molecular complexity index is 702. The van der Waals surface area contributed by atoms with Gasteiger partial charge >= 0.3 is 0 Å². The molecular formula is C11H12ClN7. The van der Waals surface area contributed by atoms with Crippen LogP contribution in [0.1, 0.15) is 5.69 Å². The van der Waals surface area contributed by atoms with Gasteiger partial charge in [0.2, 0.25) is 0 Å². The molecule has 3 aromatic rings. The molecule has 0 saturated heterocycles. The van der Waals surface area contributed by atoms with Crippen LogP contribution in [0.25, 0.3) is 5.78 Å². The average Bonchev–Trinajstić information content (AvgIpc) is 2.98. The van der Waals surface area contributed by atoms with Crippen LogP contribution < -0.4 is 5.32 Å². The van der Waals surface area contributed by atoms with E-state index in [-0.39, 0.29) is 0 Å². The molecule has 0 aliphatic rings. The molecule has 0 radical (unpaired) electrons. The van der Waals surface area contributed by atoms with E-state index < -0.39 is 0 Å². The van der Waals surface area contributed by atoms with Crippen molar-refractivity contribution < 1.29 is 0 Å². The van der Waals surface area contributed by atoms with Gasteiger partial charge in [0.1, 0.15) is 17.3 Å². The molecule has 19 heavy (non-hydrogen) atoms. The fourth-order valence-electron chi connectivity index (χ4n) is 1.82. The molecule has 0 aliphatic carbocycles. The molecule has 0 fully saturated rings. The number of halogens is 1. The van der Waals surface area contributed by atoms with E-state index in [9.17, 15) is 0 Å². The molecule has 7 nitrogen and oxygen atoms in total. The maximum absolute atomic E-state index is 5.93. The highest BCUT2D eigenvalue weighted by Gasteiger charge is 2.06. The second-order valence-corrected chi connectivity index (χ2v) is 4.48. The summed E-state index contributed by atoms with van der Waals surface area (Å²) in [6, 6.07) is 3.72. The van der Waals surface area contributed by atoms with Crippen LogP contribution in [-0.4, -0.2) is 35.9 Å². The summed E-state index contributed by atoms with van der Waals surface area (Å²) in [7, 11) is 1.90. The highest BCUT2D eigenvalue weighted by Crippen LogP contribution is 2.14. The zero-order chi connectivity index (χ0) is 13.2. The summed E-state index contributed by atoms with van der Waals surface area (Å²) in [4.78, 5) is 8.08. The van der Waals surface area contributed by atoms with Crippen LogP contribution in [0.5, 0.6) is 0 Å². The van der Waals surface area contributed by atoms with E-state index in [0.29, 0.717) is 10.9 Å². The molecule has 3 heterocycles. The highest BCUT2D eigenvalue weighted by atomic mass is 35.5. The monoisotopic (exact) mass is 277 g/mol. The van der Waals surface area contributed by atoms with Crippen LogP contribution in [0, 0.1) is 0 Å².